The number of benzene rings is 2. The number of esters is 1. The van der Waals surface area contributed by atoms with Crippen molar-refractivity contribution in [1.82, 2.24) is 0 Å². The van der Waals surface area contributed by atoms with Crippen molar-refractivity contribution >= 4 is 23.5 Å². The quantitative estimate of drug-likeness (QED) is 0.584. The number of hydrogen-bond donors (Lipinski definition) is 1. The van der Waals surface area contributed by atoms with Crippen molar-refractivity contribution < 1.29 is 23.8 Å². The highest BCUT2D eigenvalue weighted by Crippen LogP contribution is 2.22. The van der Waals surface area contributed by atoms with Gasteiger partial charge in [-0.15, -0.1) is 0 Å². The van der Waals surface area contributed by atoms with E-state index in [1.54, 1.807) is 42.5 Å². The zero-order valence-corrected chi connectivity index (χ0v) is 13.5. The van der Waals surface area contributed by atoms with E-state index in [0.717, 1.165) is 0 Å². The molecule has 2 aromatic carbocycles. The maximum Gasteiger partial charge on any atom is 0.344 e. The first-order valence-electron chi connectivity index (χ1n) is 7.12. The smallest absolute Gasteiger partial charge is 0.344 e. The van der Waals surface area contributed by atoms with Crippen LogP contribution < -0.4 is 15.2 Å². The number of carbonyl (C=O) groups is 2. The summed E-state index contributed by atoms with van der Waals surface area (Å²) in [5, 5.41) is 0.482. The molecule has 2 rings (SSSR count). The molecular formula is C17H16ClNO5. The summed E-state index contributed by atoms with van der Waals surface area (Å²) in [6, 6.07) is 13.4. The molecule has 2 N–H and O–H groups in total. The lowest BCUT2D eigenvalue weighted by Crippen LogP contribution is -2.20. The lowest BCUT2D eigenvalue weighted by Gasteiger charge is -2.10. The maximum absolute atomic E-state index is 11.6. The summed E-state index contributed by atoms with van der Waals surface area (Å²) in [5.41, 5.74) is 5.43. The van der Waals surface area contributed by atoms with Gasteiger partial charge in [-0.2, -0.15) is 0 Å². The van der Waals surface area contributed by atoms with E-state index in [1.807, 2.05) is 0 Å². The van der Waals surface area contributed by atoms with Crippen molar-refractivity contribution in [2.24, 2.45) is 5.73 Å². The van der Waals surface area contributed by atoms with Crippen LogP contribution in [0.15, 0.2) is 48.5 Å². The van der Waals surface area contributed by atoms with Gasteiger partial charge < -0.3 is 19.9 Å². The average molecular weight is 350 g/mol. The van der Waals surface area contributed by atoms with E-state index in [-0.39, 0.29) is 31.1 Å². The van der Waals surface area contributed by atoms with Gasteiger partial charge in [0.2, 0.25) is 0 Å². The highest BCUT2D eigenvalue weighted by molar-refractivity contribution is 6.32. The second-order valence-electron chi connectivity index (χ2n) is 4.65. The van der Waals surface area contributed by atoms with Gasteiger partial charge in [0.1, 0.15) is 24.7 Å². The molecule has 24 heavy (non-hydrogen) atoms. The first-order chi connectivity index (χ1) is 11.6. The van der Waals surface area contributed by atoms with Gasteiger partial charge in [0, 0.05) is 0 Å². The molecule has 0 spiro atoms. The molecule has 0 aromatic heterocycles. The number of rotatable bonds is 8. The Morgan fingerprint density at radius 2 is 1.58 bits per heavy atom. The Hall–Kier alpha value is -2.73. The third kappa shape index (κ3) is 5.17. The SMILES string of the molecule is NC(=O)c1ccccc1OCC(=O)OCCOc1ccccc1Cl. The number of para-hydroxylation sites is 2. The van der Waals surface area contributed by atoms with Crippen LogP contribution >= 0.6 is 11.6 Å². The largest absolute Gasteiger partial charge is 0.488 e. The molecule has 1 amide bonds. The summed E-state index contributed by atoms with van der Waals surface area (Å²) in [7, 11) is 0. The fourth-order valence-corrected chi connectivity index (χ4v) is 2.03. The molecule has 0 aliphatic heterocycles. The Morgan fingerprint density at radius 1 is 0.917 bits per heavy atom. The van der Waals surface area contributed by atoms with E-state index in [1.165, 1.54) is 6.07 Å². The van der Waals surface area contributed by atoms with Crippen LogP contribution in [0.2, 0.25) is 5.02 Å². The monoisotopic (exact) mass is 349 g/mol. The fraction of sp³-hybridized carbons (Fsp3) is 0.176. The van der Waals surface area contributed by atoms with Crippen molar-refractivity contribution in [1.29, 1.82) is 0 Å². The van der Waals surface area contributed by atoms with Gasteiger partial charge in [-0.25, -0.2) is 4.79 Å². The van der Waals surface area contributed by atoms with Crippen LogP contribution in [0.5, 0.6) is 11.5 Å². The highest BCUT2D eigenvalue weighted by atomic mass is 35.5. The molecule has 0 atom stereocenters. The molecule has 2 aromatic rings. The van der Waals surface area contributed by atoms with Crippen LogP contribution in [0.25, 0.3) is 0 Å². The lowest BCUT2D eigenvalue weighted by atomic mass is 10.2. The van der Waals surface area contributed by atoms with Crippen molar-refractivity contribution in [2.45, 2.75) is 0 Å². The van der Waals surface area contributed by atoms with Gasteiger partial charge >= 0.3 is 5.97 Å². The Balaban J connectivity index is 1.73. The van der Waals surface area contributed by atoms with E-state index >= 15 is 0 Å². The molecule has 0 saturated carbocycles. The summed E-state index contributed by atoms with van der Waals surface area (Å²) in [6.07, 6.45) is 0. The Labute approximate surface area is 144 Å². The second-order valence-corrected chi connectivity index (χ2v) is 5.06. The minimum absolute atomic E-state index is 0.0465. The third-order valence-electron chi connectivity index (χ3n) is 2.94. The molecule has 7 heteroatoms. The average Bonchev–Trinajstić information content (AvgIpc) is 2.58. The molecule has 126 valence electrons. The van der Waals surface area contributed by atoms with Gasteiger partial charge in [-0.3, -0.25) is 4.79 Å². The van der Waals surface area contributed by atoms with Crippen molar-refractivity contribution in [3.8, 4) is 11.5 Å². The topological polar surface area (TPSA) is 87.9 Å². The van der Waals surface area contributed by atoms with Crippen LogP contribution in [0, 0.1) is 0 Å². The summed E-state index contributed by atoms with van der Waals surface area (Å²) in [5.74, 6) is -0.472. The van der Waals surface area contributed by atoms with Gasteiger partial charge in [0.15, 0.2) is 6.61 Å². The number of nitrogens with two attached hydrogens (primary N) is 1. The minimum atomic E-state index is -0.632. The number of primary amides is 1. The Kier molecular flexibility index (Phi) is 6.45. The maximum atomic E-state index is 11.6. The molecule has 0 radical (unpaired) electrons. The number of amides is 1. The first-order valence-corrected chi connectivity index (χ1v) is 7.50. The molecule has 0 heterocycles. The summed E-state index contributed by atoms with van der Waals surface area (Å²) >= 11 is 5.93. The minimum Gasteiger partial charge on any atom is -0.488 e. The molecule has 0 bridgehead atoms. The predicted molar refractivity (Wildman–Crippen MR) is 88.4 cm³/mol. The summed E-state index contributed by atoms with van der Waals surface area (Å²) in [4.78, 5) is 22.9. The van der Waals surface area contributed by atoms with Gasteiger partial charge in [0.25, 0.3) is 5.91 Å². The highest BCUT2D eigenvalue weighted by Gasteiger charge is 2.11. The number of halogens is 1. The molecule has 0 fully saturated rings. The molecular weight excluding hydrogens is 334 g/mol. The van der Waals surface area contributed by atoms with Crippen molar-refractivity contribution in [3.05, 3.63) is 59.1 Å². The molecule has 6 nitrogen and oxygen atoms in total. The zero-order chi connectivity index (χ0) is 17.4. The van der Waals surface area contributed by atoms with Gasteiger partial charge in [-0.05, 0) is 24.3 Å². The number of hydrogen-bond acceptors (Lipinski definition) is 5. The number of ether oxygens (including phenoxy) is 3. The Morgan fingerprint density at radius 3 is 2.29 bits per heavy atom. The van der Waals surface area contributed by atoms with E-state index in [9.17, 15) is 9.59 Å². The standard InChI is InChI=1S/C17H16ClNO5/c18-13-6-2-4-8-15(13)22-9-10-23-16(20)11-24-14-7-3-1-5-12(14)17(19)21/h1-8H,9-11H2,(H2,19,21). The van der Waals surface area contributed by atoms with Crippen LogP contribution in [-0.4, -0.2) is 31.7 Å². The second kappa shape index (κ2) is 8.79. The molecule has 0 aliphatic rings. The predicted octanol–water partition coefficient (Wildman–Crippen LogP) is 2.44. The first kappa shape index (κ1) is 17.6. The summed E-state index contributed by atoms with van der Waals surface area (Å²) in [6.45, 7) is -0.130. The van der Waals surface area contributed by atoms with Crippen LogP contribution in [0.1, 0.15) is 10.4 Å². The zero-order valence-electron chi connectivity index (χ0n) is 12.7. The fourth-order valence-electron chi connectivity index (χ4n) is 1.84. The van der Waals surface area contributed by atoms with E-state index in [0.29, 0.717) is 10.8 Å². The van der Waals surface area contributed by atoms with Crippen LogP contribution in [0.3, 0.4) is 0 Å². The van der Waals surface area contributed by atoms with Crippen molar-refractivity contribution in [3.63, 3.8) is 0 Å². The van der Waals surface area contributed by atoms with E-state index in [4.69, 9.17) is 31.5 Å². The van der Waals surface area contributed by atoms with Gasteiger partial charge in [0.05, 0.1) is 10.6 Å². The molecule has 0 saturated heterocycles. The van der Waals surface area contributed by atoms with Crippen LogP contribution in [0.4, 0.5) is 0 Å². The van der Waals surface area contributed by atoms with E-state index < -0.39 is 11.9 Å². The normalized spacial score (nSPS) is 10.0. The molecule has 0 unspecified atom stereocenters. The third-order valence-corrected chi connectivity index (χ3v) is 3.25. The van der Waals surface area contributed by atoms with Gasteiger partial charge in [-0.1, -0.05) is 35.9 Å². The Bertz CT molecular complexity index is 720. The lowest BCUT2D eigenvalue weighted by molar-refractivity contribution is -0.146. The molecule has 0 aliphatic carbocycles. The van der Waals surface area contributed by atoms with Crippen LogP contribution in [-0.2, 0) is 9.53 Å². The number of carbonyl (C=O) groups excluding carboxylic acids is 2. The summed E-state index contributed by atoms with van der Waals surface area (Å²) < 4.78 is 15.6. The van der Waals surface area contributed by atoms with E-state index in [2.05, 4.69) is 0 Å². The van der Waals surface area contributed by atoms with Crippen molar-refractivity contribution in [2.75, 3.05) is 19.8 Å².